The van der Waals surface area contributed by atoms with Crippen LogP contribution in [0.15, 0.2) is 10.7 Å². The first kappa shape index (κ1) is 11.3. The molecule has 1 unspecified atom stereocenters. The van der Waals surface area contributed by atoms with Gasteiger partial charge in [0.25, 0.3) is 0 Å². The first-order chi connectivity index (χ1) is 7.63. The maximum Gasteiger partial charge on any atom is 0.194 e. The number of hydrogen-bond acceptors (Lipinski definition) is 4. The van der Waals surface area contributed by atoms with Crippen LogP contribution in [0, 0.1) is 5.92 Å². The number of ketones is 1. The highest BCUT2D eigenvalue weighted by atomic mass is 16.3. The van der Waals surface area contributed by atoms with Gasteiger partial charge in [-0.05, 0) is 32.9 Å². The Hall–Kier alpha value is -1.16. The summed E-state index contributed by atoms with van der Waals surface area (Å²) < 4.78 is 5.38. The van der Waals surface area contributed by atoms with Crippen molar-refractivity contribution in [1.29, 1.82) is 0 Å². The first-order valence-corrected chi connectivity index (χ1v) is 5.74. The number of nitrogens with zero attached hydrogens (tertiary/aromatic N) is 2. The fraction of sp³-hybridized carbons (Fsp3) is 0.667. The van der Waals surface area contributed by atoms with E-state index in [-0.39, 0.29) is 5.78 Å². The van der Waals surface area contributed by atoms with Crippen LogP contribution in [0.1, 0.15) is 24.9 Å². The van der Waals surface area contributed by atoms with Crippen molar-refractivity contribution in [2.45, 2.75) is 26.2 Å². The van der Waals surface area contributed by atoms with E-state index in [1.807, 2.05) is 0 Å². The molecule has 0 saturated carbocycles. The summed E-state index contributed by atoms with van der Waals surface area (Å²) >= 11 is 0. The van der Waals surface area contributed by atoms with Crippen molar-refractivity contribution in [2.75, 3.05) is 20.1 Å². The van der Waals surface area contributed by atoms with Crippen molar-refractivity contribution in [3.05, 3.63) is 17.8 Å². The second kappa shape index (κ2) is 4.78. The molecule has 1 aromatic rings. The van der Waals surface area contributed by atoms with E-state index in [0.717, 1.165) is 31.1 Å². The minimum Gasteiger partial charge on any atom is -0.449 e. The molecule has 4 heteroatoms. The molecule has 2 rings (SSSR count). The SMILES string of the molecule is CC(=O)Cc1coc(CC2CCN(C)C2)n1. The van der Waals surface area contributed by atoms with E-state index >= 15 is 0 Å². The second-order valence-electron chi connectivity index (χ2n) is 4.73. The van der Waals surface area contributed by atoms with Gasteiger partial charge < -0.3 is 9.32 Å². The molecule has 0 bridgehead atoms. The fourth-order valence-corrected chi connectivity index (χ4v) is 2.22. The van der Waals surface area contributed by atoms with Gasteiger partial charge in [0.15, 0.2) is 5.89 Å². The molecule has 0 aromatic carbocycles. The zero-order chi connectivity index (χ0) is 11.5. The third-order valence-corrected chi connectivity index (χ3v) is 2.98. The molecule has 4 nitrogen and oxygen atoms in total. The topological polar surface area (TPSA) is 46.3 Å². The number of oxazole rings is 1. The molecule has 1 aliphatic heterocycles. The van der Waals surface area contributed by atoms with Gasteiger partial charge in [-0.3, -0.25) is 4.79 Å². The maximum absolute atomic E-state index is 10.9. The number of Topliss-reactive ketones (excluding diaryl/α,β-unsaturated/α-hetero) is 1. The molecular formula is C12H18N2O2. The predicted molar refractivity (Wildman–Crippen MR) is 60.2 cm³/mol. The molecule has 0 amide bonds. The van der Waals surface area contributed by atoms with Crippen molar-refractivity contribution in [2.24, 2.45) is 5.92 Å². The van der Waals surface area contributed by atoms with Crippen LogP contribution >= 0.6 is 0 Å². The third-order valence-electron chi connectivity index (χ3n) is 2.98. The maximum atomic E-state index is 10.9. The van der Waals surface area contributed by atoms with Crippen molar-refractivity contribution < 1.29 is 9.21 Å². The van der Waals surface area contributed by atoms with Crippen molar-refractivity contribution in [3.8, 4) is 0 Å². The summed E-state index contributed by atoms with van der Waals surface area (Å²) in [7, 11) is 2.14. The first-order valence-electron chi connectivity index (χ1n) is 5.74. The minimum absolute atomic E-state index is 0.125. The summed E-state index contributed by atoms with van der Waals surface area (Å²) in [4.78, 5) is 17.6. The zero-order valence-corrected chi connectivity index (χ0v) is 9.90. The molecule has 88 valence electrons. The van der Waals surface area contributed by atoms with Crippen LogP contribution in [0.25, 0.3) is 0 Å². The van der Waals surface area contributed by atoms with E-state index in [1.165, 1.54) is 6.42 Å². The fourth-order valence-electron chi connectivity index (χ4n) is 2.22. The van der Waals surface area contributed by atoms with Crippen LogP contribution < -0.4 is 0 Å². The van der Waals surface area contributed by atoms with Gasteiger partial charge in [0, 0.05) is 13.0 Å². The van der Waals surface area contributed by atoms with Crippen LogP contribution in [-0.4, -0.2) is 35.8 Å². The molecular weight excluding hydrogens is 204 g/mol. The number of hydrogen-bond donors (Lipinski definition) is 0. The quantitative estimate of drug-likeness (QED) is 0.770. The molecule has 2 heterocycles. The van der Waals surface area contributed by atoms with Gasteiger partial charge >= 0.3 is 0 Å². The van der Waals surface area contributed by atoms with E-state index in [2.05, 4.69) is 16.9 Å². The molecule has 0 N–H and O–H groups in total. The summed E-state index contributed by atoms with van der Waals surface area (Å²) in [6.07, 6.45) is 4.09. The van der Waals surface area contributed by atoms with Gasteiger partial charge in [0.05, 0.1) is 12.1 Å². The molecule has 1 atom stereocenters. The minimum atomic E-state index is 0.125. The number of aromatic nitrogens is 1. The van der Waals surface area contributed by atoms with E-state index in [9.17, 15) is 4.79 Å². The largest absolute Gasteiger partial charge is 0.449 e. The molecule has 1 fully saturated rings. The Balaban J connectivity index is 1.90. The van der Waals surface area contributed by atoms with Crippen molar-refractivity contribution in [1.82, 2.24) is 9.88 Å². The molecule has 1 aliphatic rings. The highest BCUT2D eigenvalue weighted by Gasteiger charge is 2.21. The number of rotatable bonds is 4. The number of likely N-dealkylation sites (tertiary alicyclic amines) is 1. The lowest BCUT2D eigenvalue weighted by atomic mass is 10.1. The zero-order valence-electron chi connectivity index (χ0n) is 9.90. The van der Waals surface area contributed by atoms with E-state index < -0.39 is 0 Å². The Bertz CT molecular complexity index is 373. The van der Waals surface area contributed by atoms with E-state index in [4.69, 9.17) is 4.42 Å². The molecule has 0 aliphatic carbocycles. The predicted octanol–water partition coefficient (Wildman–Crippen LogP) is 1.30. The van der Waals surface area contributed by atoms with Gasteiger partial charge in [-0.2, -0.15) is 0 Å². The van der Waals surface area contributed by atoms with Crippen molar-refractivity contribution >= 4 is 5.78 Å². The summed E-state index contributed by atoms with van der Waals surface area (Å²) in [6.45, 7) is 3.84. The Morgan fingerprint density at radius 2 is 2.50 bits per heavy atom. The van der Waals surface area contributed by atoms with Crippen LogP contribution in [0.3, 0.4) is 0 Å². The van der Waals surface area contributed by atoms with Crippen molar-refractivity contribution in [3.63, 3.8) is 0 Å². The van der Waals surface area contributed by atoms with Gasteiger partial charge in [0.1, 0.15) is 12.0 Å². The monoisotopic (exact) mass is 222 g/mol. The van der Waals surface area contributed by atoms with Gasteiger partial charge in [-0.15, -0.1) is 0 Å². The van der Waals surface area contributed by atoms with Gasteiger partial charge in [-0.25, -0.2) is 4.98 Å². The molecule has 0 radical (unpaired) electrons. The lowest BCUT2D eigenvalue weighted by Crippen LogP contribution is -2.15. The van der Waals surface area contributed by atoms with Crippen LogP contribution in [0.2, 0.25) is 0 Å². The van der Waals surface area contributed by atoms with Crippen LogP contribution in [-0.2, 0) is 17.6 Å². The Morgan fingerprint density at radius 3 is 3.12 bits per heavy atom. The standard InChI is InChI=1S/C12H18N2O2/c1-9(15)5-11-8-16-12(13-11)6-10-3-4-14(2)7-10/h8,10H,3-7H2,1-2H3. The van der Waals surface area contributed by atoms with Crippen LogP contribution in [0.5, 0.6) is 0 Å². The normalized spacial score (nSPS) is 21.5. The second-order valence-corrected chi connectivity index (χ2v) is 4.73. The average molecular weight is 222 g/mol. The van der Waals surface area contributed by atoms with Gasteiger partial charge in [-0.1, -0.05) is 0 Å². The van der Waals surface area contributed by atoms with Crippen LogP contribution in [0.4, 0.5) is 0 Å². The summed E-state index contributed by atoms with van der Waals surface area (Å²) in [5.74, 6) is 1.55. The highest BCUT2D eigenvalue weighted by Crippen LogP contribution is 2.19. The van der Waals surface area contributed by atoms with Gasteiger partial charge in [0.2, 0.25) is 0 Å². The smallest absolute Gasteiger partial charge is 0.194 e. The third kappa shape index (κ3) is 2.92. The lowest BCUT2D eigenvalue weighted by Gasteiger charge is -2.07. The highest BCUT2D eigenvalue weighted by molar-refractivity contribution is 5.77. The molecule has 1 aromatic heterocycles. The molecule has 0 spiro atoms. The van der Waals surface area contributed by atoms with E-state index in [1.54, 1.807) is 13.2 Å². The Labute approximate surface area is 95.6 Å². The van der Waals surface area contributed by atoms with E-state index in [0.29, 0.717) is 12.3 Å². The average Bonchev–Trinajstić information content (AvgIpc) is 2.76. The number of carbonyl (C=O) groups excluding carboxylic acids is 1. The summed E-state index contributed by atoms with van der Waals surface area (Å²) in [5.41, 5.74) is 0.758. The summed E-state index contributed by atoms with van der Waals surface area (Å²) in [5, 5.41) is 0. The molecule has 16 heavy (non-hydrogen) atoms. The molecule has 1 saturated heterocycles. The summed E-state index contributed by atoms with van der Waals surface area (Å²) in [6, 6.07) is 0. The Morgan fingerprint density at radius 1 is 1.69 bits per heavy atom. The Kier molecular flexibility index (Phi) is 3.39. The lowest BCUT2D eigenvalue weighted by molar-refractivity contribution is -0.116. The number of carbonyl (C=O) groups is 1.